The second-order valence-corrected chi connectivity index (χ2v) is 3.70. The van der Waals surface area contributed by atoms with Gasteiger partial charge in [-0.3, -0.25) is 0 Å². The van der Waals surface area contributed by atoms with Gasteiger partial charge in [0.25, 0.3) is 0 Å². The van der Waals surface area contributed by atoms with Crippen LogP contribution in [0.15, 0.2) is 12.5 Å². The number of rotatable bonds is 3. The highest BCUT2D eigenvalue weighted by atomic mass is 15.1. The summed E-state index contributed by atoms with van der Waals surface area (Å²) >= 11 is 0. The third kappa shape index (κ3) is 1.50. The van der Waals surface area contributed by atoms with Crippen LogP contribution in [0.2, 0.25) is 0 Å². The molecule has 0 aliphatic heterocycles. The molecule has 0 amide bonds. The van der Waals surface area contributed by atoms with Gasteiger partial charge in [0.2, 0.25) is 0 Å². The maximum atomic E-state index is 4.06. The van der Waals surface area contributed by atoms with E-state index in [1.807, 2.05) is 19.6 Å². The first-order valence-corrected chi connectivity index (χ1v) is 4.46. The SMILES string of the molecule is C[C@@H]1C[C@H]1NCc1cncn1C. The summed E-state index contributed by atoms with van der Waals surface area (Å²) in [5.41, 5.74) is 1.26. The van der Waals surface area contributed by atoms with Crippen molar-refractivity contribution < 1.29 is 0 Å². The number of nitrogens with zero attached hydrogens (tertiary/aromatic N) is 2. The molecule has 1 N–H and O–H groups in total. The highest BCUT2D eigenvalue weighted by Crippen LogP contribution is 2.29. The highest BCUT2D eigenvalue weighted by molar-refractivity contribution is 4.99. The van der Waals surface area contributed by atoms with E-state index < -0.39 is 0 Å². The Bertz CT molecular complexity index is 266. The minimum atomic E-state index is 0.750. The molecule has 0 bridgehead atoms. The van der Waals surface area contributed by atoms with E-state index in [0.717, 1.165) is 18.5 Å². The number of hydrogen-bond acceptors (Lipinski definition) is 2. The van der Waals surface area contributed by atoms with Crippen LogP contribution in [-0.4, -0.2) is 15.6 Å². The first-order chi connectivity index (χ1) is 5.77. The minimum Gasteiger partial charge on any atom is -0.337 e. The second kappa shape index (κ2) is 2.90. The molecular weight excluding hydrogens is 150 g/mol. The molecular formula is C9H15N3. The van der Waals surface area contributed by atoms with Crippen molar-refractivity contribution in [2.24, 2.45) is 13.0 Å². The van der Waals surface area contributed by atoms with Gasteiger partial charge in [0.1, 0.15) is 0 Å². The molecule has 1 aromatic rings. The molecule has 1 aliphatic rings. The molecule has 2 atom stereocenters. The Morgan fingerprint density at radius 1 is 1.75 bits per heavy atom. The van der Waals surface area contributed by atoms with Crippen LogP contribution in [-0.2, 0) is 13.6 Å². The van der Waals surface area contributed by atoms with Gasteiger partial charge in [0.05, 0.1) is 12.0 Å². The van der Waals surface area contributed by atoms with Crippen molar-refractivity contribution >= 4 is 0 Å². The highest BCUT2D eigenvalue weighted by Gasteiger charge is 2.31. The molecule has 0 aromatic carbocycles. The lowest BCUT2D eigenvalue weighted by atomic mass is 10.4. The Balaban J connectivity index is 1.84. The number of nitrogens with one attached hydrogen (secondary N) is 1. The minimum absolute atomic E-state index is 0.750. The zero-order valence-electron chi connectivity index (χ0n) is 7.62. The molecule has 0 spiro atoms. The van der Waals surface area contributed by atoms with Crippen LogP contribution in [0.3, 0.4) is 0 Å². The van der Waals surface area contributed by atoms with Crippen LogP contribution >= 0.6 is 0 Å². The Labute approximate surface area is 72.8 Å². The second-order valence-electron chi connectivity index (χ2n) is 3.70. The van der Waals surface area contributed by atoms with Gasteiger partial charge >= 0.3 is 0 Å². The van der Waals surface area contributed by atoms with E-state index in [9.17, 15) is 0 Å². The quantitative estimate of drug-likeness (QED) is 0.721. The number of imidazole rings is 1. The lowest BCUT2D eigenvalue weighted by molar-refractivity contribution is 0.625. The Morgan fingerprint density at radius 2 is 2.50 bits per heavy atom. The van der Waals surface area contributed by atoms with Crippen LogP contribution in [0.1, 0.15) is 19.0 Å². The molecule has 1 saturated carbocycles. The zero-order valence-corrected chi connectivity index (χ0v) is 7.62. The van der Waals surface area contributed by atoms with Crippen LogP contribution in [0, 0.1) is 5.92 Å². The molecule has 66 valence electrons. The third-order valence-electron chi connectivity index (χ3n) is 2.57. The van der Waals surface area contributed by atoms with E-state index in [4.69, 9.17) is 0 Å². The predicted molar refractivity (Wildman–Crippen MR) is 47.6 cm³/mol. The van der Waals surface area contributed by atoms with E-state index in [2.05, 4.69) is 21.8 Å². The van der Waals surface area contributed by atoms with Crippen LogP contribution in [0.4, 0.5) is 0 Å². The Morgan fingerprint density at radius 3 is 3.00 bits per heavy atom. The molecule has 1 heterocycles. The topological polar surface area (TPSA) is 29.9 Å². The summed E-state index contributed by atoms with van der Waals surface area (Å²) in [6, 6.07) is 0.750. The van der Waals surface area contributed by atoms with Gasteiger partial charge in [-0.2, -0.15) is 0 Å². The number of aryl methyl sites for hydroxylation is 1. The third-order valence-corrected chi connectivity index (χ3v) is 2.57. The lowest BCUT2D eigenvalue weighted by Crippen LogP contribution is -2.18. The van der Waals surface area contributed by atoms with Gasteiger partial charge in [-0.1, -0.05) is 6.92 Å². The standard InChI is InChI=1S/C9H15N3/c1-7-3-9(7)11-5-8-4-10-6-12(8)2/h4,6-7,9,11H,3,5H2,1-2H3/t7-,9-/m1/s1. The van der Waals surface area contributed by atoms with E-state index in [-0.39, 0.29) is 0 Å². The van der Waals surface area contributed by atoms with Crippen molar-refractivity contribution in [2.75, 3.05) is 0 Å². The van der Waals surface area contributed by atoms with E-state index >= 15 is 0 Å². The molecule has 1 fully saturated rings. The molecule has 0 unspecified atom stereocenters. The fraction of sp³-hybridized carbons (Fsp3) is 0.667. The molecule has 3 nitrogen and oxygen atoms in total. The van der Waals surface area contributed by atoms with Crippen molar-refractivity contribution in [3.8, 4) is 0 Å². The maximum absolute atomic E-state index is 4.06. The van der Waals surface area contributed by atoms with Gasteiger partial charge in [0.15, 0.2) is 0 Å². The van der Waals surface area contributed by atoms with Crippen LogP contribution < -0.4 is 5.32 Å². The fourth-order valence-corrected chi connectivity index (χ4v) is 1.40. The van der Waals surface area contributed by atoms with E-state index in [1.54, 1.807) is 0 Å². The van der Waals surface area contributed by atoms with Crippen molar-refractivity contribution in [3.05, 3.63) is 18.2 Å². The first kappa shape index (κ1) is 7.80. The van der Waals surface area contributed by atoms with E-state index in [0.29, 0.717) is 0 Å². The molecule has 12 heavy (non-hydrogen) atoms. The largest absolute Gasteiger partial charge is 0.337 e. The normalized spacial score (nSPS) is 27.5. The first-order valence-electron chi connectivity index (χ1n) is 4.46. The monoisotopic (exact) mass is 165 g/mol. The molecule has 1 aromatic heterocycles. The zero-order chi connectivity index (χ0) is 8.55. The summed E-state index contributed by atoms with van der Waals surface area (Å²) in [7, 11) is 2.03. The summed E-state index contributed by atoms with van der Waals surface area (Å²) in [6.45, 7) is 3.23. The Hall–Kier alpha value is -0.830. The van der Waals surface area contributed by atoms with Crippen LogP contribution in [0.25, 0.3) is 0 Å². The maximum Gasteiger partial charge on any atom is 0.0945 e. The van der Waals surface area contributed by atoms with Crippen LogP contribution in [0.5, 0.6) is 0 Å². The molecule has 1 aliphatic carbocycles. The summed E-state index contributed by atoms with van der Waals surface area (Å²) < 4.78 is 2.06. The molecule has 0 saturated heterocycles. The lowest BCUT2D eigenvalue weighted by Gasteiger charge is -2.03. The van der Waals surface area contributed by atoms with Gasteiger partial charge in [-0.25, -0.2) is 4.98 Å². The average molecular weight is 165 g/mol. The fourth-order valence-electron chi connectivity index (χ4n) is 1.40. The smallest absolute Gasteiger partial charge is 0.0945 e. The van der Waals surface area contributed by atoms with Crippen molar-refractivity contribution in [3.63, 3.8) is 0 Å². The molecule has 0 radical (unpaired) electrons. The Kier molecular flexibility index (Phi) is 1.89. The summed E-state index contributed by atoms with van der Waals surface area (Å²) in [4.78, 5) is 4.06. The van der Waals surface area contributed by atoms with Crippen molar-refractivity contribution in [2.45, 2.75) is 25.9 Å². The number of hydrogen-bond donors (Lipinski definition) is 1. The average Bonchev–Trinajstić information content (AvgIpc) is 2.57. The van der Waals surface area contributed by atoms with Gasteiger partial charge in [-0.15, -0.1) is 0 Å². The van der Waals surface area contributed by atoms with Gasteiger partial charge < -0.3 is 9.88 Å². The van der Waals surface area contributed by atoms with Gasteiger partial charge in [0, 0.05) is 25.8 Å². The van der Waals surface area contributed by atoms with Crippen molar-refractivity contribution in [1.29, 1.82) is 0 Å². The predicted octanol–water partition coefficient (Wildman–Crippen LogP) is 0.918. The summed E-state index contributed by atoms with van der Waals surface area (Å²) in [6.07, 6.45) is 5.09. The van der Waals surface area contributed by atoms with E-state index in [1.165, 1.54) is 12.1 Å². The van der Waals surface area contributed by atoms with Gasteiger partial charge in [-0.05, 0) is 12.3 Å². The summed E-state index contributed by atoms with van der Waals surface area (Å²) in [5, 5.41) is 3.49. The van der Waals surface area contributed by atoms with Crippen molar-refractivity contribution in [1.82, 2.24) is 14.9 Å². The molecule has 2 rings (SSSR count). The number of aromatic nitrogens is 2. The molecule has 3 heteroatoms. The summed E-state index contributed by atoms with van der Waals surface area (Å²) in [5.74, 6) is 0.873.